The Balaban J connectivity index is 1.67. The number of anilines is 2. The van der Waals surface area contributed by atoms with Crippen LogP contribution in [0.2, 0.25) is 5.02 Å². The van der Waals surface area contributed by atoms with Crippen molar-refractivity contribution in [2.75, 3.05) is 37.5 Å². The summed E-state index contributed by atoms with van der Waals surface area (Å²) in [6.07, 6.45) is 2.01. The molecule has 0 unspecified atom stereocenters. The second kappa shape index (κ2) is 9.51. The number of methoxy groups -OCH3 is 2. The van der Waals surface area contributed by atoms with Gasteiger partial charge in [0.15, 0.2) is 0 Å². The summed E-state index contributed by atoms with van der Waals surface area (Å²) in [4.78, 5) is 14.4. The minimum Gasteiger partial charge on any atom is -0.465 e. The highest BCUT2D eigenvalue weighted by atomic mass is 35.5. The molecule has 0 spiro atoms. The fraction of sp³-hybridized carbons (Fsp3) is 0.435. The van der Waals surface area contributed by atoms with Crippen molar-refractivity contribution in [2.24, 2.45) is 0 Å². The lowest BCUT2D eigenvalue weighted by Crippen LogP contribution is -2.39. The van der Waals surface area contributed by atoms with E-state index in [1.165, 1.54) is 7.11 Å². The minimum atomic E-state index is -0.298. The third-order valence-electron chi connectivity index (χ3n) is 5.45. The van der Waals surface area contributed by atoms with E-state index >= 15 is 0 Å². The van der Waals surface area contributed by atoms with Gasteiger partial charge in [0, 0.05) is 42.6 Å². The van der Waals surface area contributed by atoms with E-state index in [4.69, 9.17) is 21.1 Å². The topological polar surface area (TPSA) is 50.8 Å². The van der Waals surface area contributed by atoms with E-state index in [1.54, 1.807) is 7.11 Å². The monoisotopic (exact) mass is 416 g/mol. The largest absolute Gasteiger partial charge is 0.465 e. The van der Waals surface area contributed by atoms with Gasteiger partial charge in [0.1, 0.15) is 0 Å². The van der Waals surface area contributed by atoms with Crippen LogP contribution in [0.5, 0.6) is 0 Å². The van der Waals surface area contributed by atoms with Gasteiger partial charge >= 0.3 is 5.97 Å². The number of aryl methyl sites for hydroxylation is 2. The van der Waals surface area contributed by atoms with Gasteiger partial charge in [-0.15, -0.1) is 0 Å². The molecule has 1 heterocycles. The molecular formula is C23H29ClN2O3. The molecule has 1 saturated heterocycles. The molecule has 1 fully saturated rings. The van der Waals surface area contributed by atoms with E-state index in [1.807, 2.05) is 31.2 Å². The van der Waals surface area contributed by atoms with Crippen molar-refractivity contribution in [3.8, 4) is 0 Å². The standard InChI is InChI=1S/C23H29ClN2O3/c1-15-9-16(2)22(13-21(15)23(27)29-4)25-19-5-7-26(8-6-19)20-11-17(14-28-3)10-18(24)12-20/h9-13,19,25H,5-8,14H2,1-4H3. The number of nitrogens with one attached hydrogen (secondary N) is 1. The first kappa shape index (κ1) is 21.5. The number of rotatable bonds is 6. The molecule has 2 aromatic rings. The van der Waals surface area contributed by atoms with Crippen molar-refractivity contribution in [3.63, 3.8) is 0 Å². The van der Waals surface area contributed by atoms with E-state index in [9.17, 15) is 4.79 Å². The van der Waals surface area contributed by atoms with Gasteiger partial charge in [0.05, 0.1) is 19.3 Å². The zero-order valence-electron chi connectivity index (χ0n) is 17.5. The van der Waals surface area contributed by atoms with Crippen LogP contribution in [0.25, 0.3) is 0 Å². The van der Waals surface area contributed by atoms with Crippen LogP contribution in [0.1, 0.15) is 39.9 Å². The third kappa shape index (κ3) is 5.22. The lowest BCUT2D eigenvalue weighted by atomic mass is 10.00. The smallest absolute Gasteiger partial charge is 0.338 e. The number of nitrogens with zero attached hydrogens (tertiary/aromatic N) is 1. The van der Waals surface area contributed by atoms with Gasteiger partial charge in [-0.3, -0.25) is 0 Å². The molecule has 3 rings (SSSR count). The highest BCUT2D eigenvalue weighted by molar-refractivity contribution is 6.30. The molecule has 5 nitrogen and oxygen atoms in total. The Morgan fingerprint density at radius 1 is 1.10 bits per heavy atom. The number of benzene rings is 2. The number of hydrogen-bond acceptors (Lipinski definition) is 5. The highest BCUT2D eigenvalue weighted by Crippen LogP contribution is 2.28. The zero-order chi connectivity index (χ0) is 21.0. The third-order valence-corrected chi connectivity index (χ3v) is 5.67. The van der Waals surface area contributed by atoms with Crippen LogP contribution in [0.15, 0.2) is 30.3 Å². The Bertz CT molecular complexity index is 877. The van der Waals surface area contributed by atoms with Crippen LogP contribution < -0.4 is 10.2 Å². The maximum atomic E-state index is 12.0. The lowest BCUT2D eigenvalue weighted by molar-refractivity contribution is 0.0600. The maximum absolute atomic E-state index is 12.0. The van der Waals surface area contributed by atoms with E-state index < -0.39 is 0 Å². The normalized spacial score (nSPS) is 14.7. The van der Waals surface area contributed by atoms with Gasteiger partial charge in [0.2, 0.25) is 0 Å². The number of hydrogen-bond donors (Lipinski definition) is 1. The van der Waals surface area contributed by atoms with Gasteiger partial charge in [-0.25, -0.2) is 4.79 Å². The summed E-state index contributed by atoms with van der Waals surface area (Å²) in [5.74, 6) is -0.298. The number of ether oxygens (including phenoxy) is 2. The number of halogens is 1. The fourth-order valence-corrected chi connectivity index (χ4v) is 4.16. The summed E-state index contributed by atoms with van der Waals surface area (Å²) in [6.45, 7) is 6.44. The molecule has 0 aliphatic carbocycles. The van der Waals surface area contributed by atoms with Crippen molar-refractivity contribution in [3.05, 3.63) is 57.6 Å². The second-order valence-corrected chi connectivity index (χ2v) is 8.07. The maximum Gasteiger partial charge on any atom is 0.338 e. The number of carbonyl (C=O) groups is 1. The van der Waals surface area contributed by atoms with E-state index in [2.05, 4.69) is 23.2 Å². The number of carbonyl (C=O) groups excluding carboxylic acids is 1. The van der Waals surface area contributed by atoms with E-state index in [0.717, 1.165) is 59.0 Å². The molecule has 6 heteroatoms. The molecule has 1 aliphatic heterocycles. The Morgan fingerprint density at radius 2 is 1.83 bits per heavy atom. The molecule has 0 radical (unpaired) electrons. The van der Waals surface area contributed by atoms with Crippen LogP contribution in [-0.4, -0.2) is 39.3 Å². The zero-order valence-corrected chi connectivity index (χ0v) is 18.3. The lowest BCUT2D eigenvalue weighted by Gasteiger charge is -2.35. The van der Waals surface area contributed by atoms with Gasteiger partial charge in [-0.1, -0.05) is 17.7 Å². The summed E-state index contributed by atoms with van der Waals surface area (Å²) in [6, 6.07) is 10.4. The second-order valence-electron chi connectivity index (χ2n) is 7.63. The molecule has 0 saturated carbocycles. The SMILES string of the molecule is COCc1cc(Cl)cc(N2CCC(Nc3cc(C(=O)OC)c(C)cc3C)CC2)c1. The van der Waals surface area contributed by atoms with E-state index in [-0.39, 0.29) is 5.97 Å². The van der Waals surface area contributed by atoms with Crippen LogP contribution in [0, 0.1) is 13.8 Å². The molecule has 0 aromatic heterocycles. The van der Waals surface area contributed by atoms with Crippen molar-refractivity contribution in [1.29, 1.82) is 0 Å². The fourth-order valence-electron chi connectivity index (χ4n) is 3.91. The Morgan fingerprint density at radius 3 is 2.48 bits per heavy atom. The van der Waals surface area contributed by atoms with Gasteiger partial charge in [-0.05, 0) is 67.6 Å². The van der Waals surface area contributed by atoms with Crippen molar-refractivity contribution in [1.82, 2.24) is 0 Å². The summed E-state index contributed by atoms with van der Waals surface area (Å²) in [5, 5.41) is 4.37. The molecule has 1 N–H and O–H groups in total. The predicted molar refractivity (Wildman–Crippen MR) is 118 cm³/mol. The first-order chi connectivity index (χ1) is 13.9. The molecule has 0 amide bonds. The first-order valence-corrected chi connectivity index (χ1v) is 10.3. The number of esters is 1. The summed E-state index contributed by atoms with van der Waals surface area (Å²) < 4.78 is 10.2. The summed E-state index contributed by atoms with van der Waals surface area (Å²) in [5.41, 5.74) is 5.91. The van der Waals surface area contributed by atoms with Crippen LogP contribution in [0.3, 0.4) is 0 Å². The van der Waals surface area contributed by atoms with Crippen LogP contribution in [-0.2, 0) is 16.1 Å². The number of piperidine rings is 1. The van der Waals surface area contributed by atoms with Crippen molar-refractivity contribution in [2.45, 2.75) is 39.3 Å². The molecular weight excluding hydrogens is 388 g/mol. The van der Waals surface area contributed by atoms with Gasteiger partial charge < -0.3 is 19.7 Å². The Kier molecular flexibility index (Phi) is 7.04. The van der Waals surface area contributed by atoms with E-state index in [0.29, 0.717) is 18.2 Å². The summed E-state index contributed by atoms with van der Waals surface area (Å²) >= 11 is 6.29. The molecule has 29 heavy (non-hydrogen) atoms. The molecule has 156 valence electrons. The minimum absolute atomic E-state index is 0.298. The average Bonchev–Trinajstić information content (AvgIpc) is 2.70. The quantitative estimate of drug-likeness (QED) is 0.673. The predicted octanol–water partition coefficient (Wildman–Crippen LogP) is 4.97. The Hall–Kier alpha value is -2.24. The van der Waals surface area contributed by atoms with Crippen molar-refractivity contribution >= 4 is 28.9 Å². The first-order valence-electron chi connectivity index (χ1n) is 9.90. The molecule has 2 aromatic carbocycles. The summed E-state index contributed by atoms with van der Waals surface area (Å²) in [7, 11) is 3.11. The van der Waals surface area contributed by atoms with Gasteiger partial charge in [0.25, 0.3) is 0 Å². The van der Waals surface area contributed by atoms with Gasteiger partial charge in [-0.2, -0.15) is 0 Å². The average molecular weight is 417 g/mol. The highest BCUT2D eigenvalue weighted by Gasteiger charge is 2.21. The van der Waals surface area contributed by atoms with Crippen molar-refractivity contribution < 1.29 is 14.3 Å². The van der Waals surface area contributed by atoms with Crippen LogP contribution in [0.4, 0.5) is 11.4 Å². The molecule has 0 bridgehead atoms. The van der Waals surface area contributed by atoms with Crippen LogP contribution >= 0.6 is 11.6 Å². The molecule has 0 atom stereocenters. The molecule has 1 aliphatic rings. The Labute approximate surface area is 177 Å².